The lowest BCUT2D eigenvalue weighted by Crippen LogP contribution is -1.76. The van der Waals surface area contributed by atoms with Gasteiger partial charge in [-0.15, -0.1) is 0 Å². The Morgan fingerprint density at radius 2 is 2.19 bits per heavy atom. The maximum absolute atomic E-state index is 6.05. The van der Waals surface area contributed by atoms with Crippen molar-refractivity contribution in [2.24, 2.45) is 0 Å². The van der Waals surface area contributed by atoms with Crippen molar-refractivity contribution >= 4 is 38.6 Å². The molecule has 16 heavy (non-hydrogen) atoms. The second-order valence-corrected chi connectivity index (χ2v) is 4.46. The number of imidazole rings is 1. The molecule has 0 unspecified atom stereocenters. The van der Waals surface area contributed by atoms with E-state index in [2.05, 4.69) is 25.9 Å². The average molecular weight is 298 g/mol. The van der Waals surface area contributed by atoms with Crippen LogP contribution < -0.4 is 0 Å². The molecule has 0 amide bonds. The van der Waals surface area contributed by atoms with E-state index in [1.807, 2.05) is 24.3 Å². The van der Waals surface area contributed by atoms with Crippen LogP contribution in [-0.2, 0) is 0 Å². The third-order valence-corrected chi connectivity index (χ3v) is 3.26. The number of hydrogen-bond acceptors (Lipinski definition) is 2. The highest BCUT2D eigenvalue weighted by Gasteiger charge is 2.11. The summed E-state index contributed by atoms with van der Waals surface area (Å²) in [5.41, 5.74) is 2.56. The highest BCUT2D eigenvalue weighted by Crippen LogP contribution is 2.30. The summed E-state index contributed by atoms with van der Waals surface area (Å²) in [5.74, 6) is 0.740. The molecule has 0 aliphatic carbocycles. The number of nitrogens with zero attached hydrogens (tertiary/aromatic N) is 1. The van der Waals surface area contributed by atoms with Crippen LogP contribution in [0.15, 0.2) is 39.6 Å². The van der Waals surface area contributed by atoms with E-state index in [0.717, 1.165) is 22.4 Å². The van der Waals surface area contributed by atoms with Gasteiger partial charge in [-0.05, 0) is 34.1 Å². The van der Waals surface area contributed by atoms with E-state index in [1.54, 1.807) is 6.26 Å². The molecule has 2 aromatic heterocycles. The molecule has 2 heterocycles. The molecule has 1 N–H and O–H groups in total. The molecule has 0 spiro atoms. The summed E-state index contributed by atoms with van der Waals surface area (Å²) in [4.78, 5) is 7.63. The normalized spacial score (nSPS) is 11.1. The van der Waals surface area contributed by atoms with E-state index in [0.29, 0.717) is 9.69 Å². The number of para-hydroxylation sites is 1. The molecule has 1 aromatic carbocycles. The summed E-state index contributed by atoms with van der Waals surface area (Å²) in [6.45, 7) is 0. The number of fused-ring (bicyclic) bond motifs is 1. The van der Waals surface area contributed by atoms with Crippen molar-refractivity contribution in [1.29, 1.82) is 0 Å². The minimum absolute atomic E-state index is 0.639. The predicted molar refractivity (Wildman–Crippen MR) is 66.5 cm³/mol. The monoisotopic (exact) mass is 296 g/mol. The fraction of sp³-hybridized carbons (Fsp3) is 0. The number of halogens is 2. The summed E-state index contributed by atoms with van der Waals surface area (Å²) in [7, 11) is 0. The van der Waals surface area contributed by atoms with Crippen LogP contribution in [0.4, 0.5) is 0 Å². The zero-order valence-electron chi connectivity index (χ0n) is 8.00. The number of benzene rings is 1. The van der Waals surface area contributed by atoms with Crippen LogP contribution in [0.2, 0.25) is 5.02 Å². The standard InChI is InChI=1S/C11H6BrClN2O/c12-10-6(4-5-16-10)11-14-8-3-1-2-7(13)9(8)15-11/h1-5H,(H,14,15). The van der Waals surface area contributed by atoms with Crippen LogP contribution in [0.3, 0.4) is 0 Å². The summed E-state index contributed by atoms with van der Waals surface area (Å²) in [6.07, 6.45) is 1.61. The van der Waals surface area contributed by atoms with E-state index in [1.165, 1.54) is 0 Å². The van der Waals surface area contributed by atoms with Gasteiger partial charge in [0.1, 0.15) is 11.3 Å². The highest BCUT2D eigenvalue weighted by atomic mass is 79.9. The van der Waals surface area contributed by atoms with Gasteiger partial charge in [-0.1, -0.05) is 17.7 Å². The molecule has 80 valence electrons. The van der Waals surface area contributed by atoms with E-state index in [9.17, 15) is 0 Å². The molecule has 0 fully saturated rings. The molecule has 0 atom stereocenters. The van der Waals surface area contributed by atoms with Gasteiger partial charge < -0.3 is 9.40 Å². The zero-order valence-corrected chi connectivity index (χ0v) is 10.3. The summed E-state index contributed by atoms with van der Waals surface area (Å²) in [6, 6.07) is 7.48. The van der Waals surface area contributed by atoms with E-state index >= 15 is 0 Å². The predicted octanol–water partition coefficient (Wildman–Crippen LogP) is 4.24. The first-order chi connectivity index (χ1) is 7.75. The number of H-pyrrole nitrogens is 1. The SMILES string of the molecule is Clc1cccc2[nH]c(-c3ccoc3Br)nc12. The number of nitrogens with one attached hydrogen (secondary N) is 1. The minimum Gasteiger partial charge on any atom is -0.457 e. The van der Waals surface area contributed by atoms with Crippen molar-refractivity contribution in [2.75, 3.05) is 0 Å². The number of hydrogen-bond donors (Lipinski definition) is 1. The first kappa shape index (κ1) is 9.93. The van der Waals surface area contributed by atoms with Crippen LogP contribution in [0.5, 0.6) is 0 Å². The maximum atomic E-state index is 6.05. The lowest BCUT2D eigenvalue weighted by molar-refractivity contribution is 0.542. The molecule has 0 bridgehead atoms. The topological polar surface area (TPSA) is 41.8 Å². The molecule has 3 rings (SSSR count). The number of aromatic nitrogens is 2. The molecule has 0 aliphatic rings. The quantitative estimate of drug-likeness (QED) is 0.730. The molecule has 0 aliphatic heterocycles. The van der Waals surface area contributed by atoms with Crippen molar-refractivity contribution in [2.45, 2.75) is 0 Å². The van der Waals surface area contributed by atoms with Gasteiger partial charge in [0, 0.05) is 0 Å². The summed E-state index contributed by atoms with van der Waals surface area (Å²) < 4.78 is 5.82. The molecular weight excluding hydrogens is 291 g/mol. The van der Waals surface area contributed by atoms with Crippen molar-refractivity contribution in [3.05, 3.63) is 40.2 Å². The molecule has 3 nitrogen and oxygen atoms in total. The fourth-order valence-corrected chi connectivity index (χ4v) is 2.23. The number of furan rings is 1. The molecule has 0 saturated carbocycles. The largest absolute Gasteiger partial charge is 0.457 e. The number of aromatic amines is 1. The third-order valence-electron chi connectivity index (χ3n) is 2.34. The van der Waals surface area contributed by atoms with Crippen molar-refractivity contribution in [3.63, 3.8) is 0 Å². The Labute approximate surface area is 105 Å². The van der Waals surface area contributed by atoms with Crippen molar-refractivity contribution < 1.29 is 4.42 Å². The Bertz CT molecular complexity index is 659. The molecule has 5 heteroatoms. The van der Waals surface area contributed by atoms with Gasteiger partial charge in [0.2, 0.25) is 0 Å². The van der Waals surface area contributed by atoms with Gasteiger partial charge in [0.15, 0.2) is 4.67 Å². The Morgan fingerprint density at radius 3 is 2.88 bits per heavy atom. The summed E-state index contributed by atoms with van der Waals surface area (Å²) >= 11 is 9.37. The Kier molecular flexibility index (Phi) is 2.26. The van der Waals surface area contributed by atoms with Crippen molar-refractivity contribution in [1.82, 2.24) is 9.97 Å². The van der Waals surface area contributed by atoms with E-state index < -0.39 is 0 Å². The fourth-order valence-electron chi connectivity index (χ4n) is 1.59. The van der Waals surface area contributed by atoms with Crippen LogP contribution in [-0.4, -0.2) is 9.97 Å². The van der Waals surface area contributed by atoms with Crippen molar-refractivity contribution in [3.8, 4) is 11.4 Å². The first-order valence-corrected chi connectivity index (χ1v) is 5.80. The minimum atomic E-state index is 0.639. The first-order valence-electron chi connectivity index (χ1n) is 4.63. The Balaban J connectivity index is 2.27. The van der Waals surface area contributed by atoms with Crippen LogP contribution in [0.25, 0.3) is 22.4 Å². The van der Waals surface area contributed by atoms with Gasteiger partial charge in [-0.3, -0.25) is 0 Å². The average Bonchev–Trinajstić information content (AvgIpc) is 2.84. The number of rotatable bonds is 1. The van der Waals surface area contributed by atoms with Gasteiger partial charge in [-0.2, -0.15) is 0 Å². The van der Waals surface area contributed by atoms with E-state index in [4.69, 9.17) is 16.0 Å². The lowest BCUT2D eigenvalue weighted by atomic mass is 10.3. The Hall–Kier alpha value is -1.26. The Morgan fingerprint density at radius 1 is 1.31 bits per heavy atom. The smallest absolute Gasteiger partial charge is 0.179 e. The van der Waals surface area contributed by atoms with Gasteiger partial charge in [-0.25, -0.2) is 4.98 Å². The second kappa shape index (κ2) is 3.64. The molecule has 3 aromatic rings. The van der Waals surface area contributed by atoms with Crippen LogP contribution >= 0.6 is 27.5 Å². The summed E-state index contributed by atoms with van der Waals surface area (Å²) in [5, 5.41) is 0.639. The zero-order chi connectivity index (χ0) is 11.1. The second-order valence-electron chi connectivity index (χ2n) is 3.33. The van der Waals surface area contributed by atoms with Crippen LogP contribution in [0, 0.1) is 0 Å². The highest BCUT2D eigenvalue weighted by molar-refractivity contribution is 9.10. The molecule has 0 radical (unpaired) electrons. The third kappa shape index (κ3) is 1.45. The molecular formula is C11H6BrClN2O. The van der Waals surface area contributed by atoms with Crippen LogP contribution in [0.1, 0.15) is 0 Å². The lowest BCUT2D eigenvalue weighted by Gasteiger charge is -1.89. The molecule has 0 saturated heterocycles. The maximum Gasteiger partial charge on any atom is 0.179 e. The van der Waals surface area contributed by atoms with E-state index in [-0.39, 0.29) is 0 Å². The van der Waals surface area contributed by atoms with Gasteiger partial charge in [0.05, 0.1) is 22.4 Å². The van der Waals surface area contributed by atoms with Gasteiger partial charge in [0.25, 0.3) is 0 Å². The van der Waals surface area contributed by atoms with Gasteiger partial charge >= 0.3 is 0 Å².